The second-order valence-electron chi connectivity index (χ2n) is 5.87. The lowest BCUT2D eigenvalue weighted by Crippen LogP contribution is -2.34. The highest BCUT2D eigenvalue weighted by molar-refractivity contribution is 7.92. The molecule has 1 aliphatic carbocycles. The predicted molar refractivity (Wildman–Crippen MR) is 84.7 cm³/mol. The summed E-state index contributed by atoms with van der Waals surface area (Å²) in [7, 11) is -3.39. The number of hydrogen-bond donors (Lipinski definition) is 2. The minimum Gasteiger partial charge on any atom is -0.399 e. The molecule has 0 saturated heterocycles. The Morgan fingerprint density at radius 3 is 2.81 bits per heavy atom. The standard InChI is InChI=1S/C15H22N2O3S/c1-11-4-2-7-14(8-11)21(19,20)10-15(18)17-13-6-3-5-12(16)9-13/h3,5-6,9,11,14H,2,4,7-8,10,16H2,1H3,(H,17,18). The molecular formula is C15H22N2O3S. The van der Waals surface area contributed by atoms with Crippen LogP contribution in [0.1, 0.15) is 32.6 Å². The summed E-state index contributed by atoms with van der Waals surface area (Å²) in [5.74, 6) is -0.548. The Kier molecular flexibility index (Phi) is 4.88. The lowest BCUT2D eigenvalue weighted by molar-refractivity contribution is -0.113. The number of benzene rings is 1. The Labute approximate surface area is 125 Å². The van der Waals surface area contributed by atoms with Crippen molar-refractivity contribution < 1.29 is 13.2 Å². The summed E-state index contributed by atoms with van der Waals surface area (Å²) in [5, 5.41) is 2.21. The molecule has 5 nitrogen and oxygen atoms in total. The molecule has 0 radical (unpaired) electrons. The van der Waals surface area contributed by atoms with E-state index in [4.69, 9.17) is 5.73 Å². The van der Waals surface area contributed by atoms with Crippen molar-refractivity contribution in [3.05, 3.63) is 24.3 Å². The van der Waals surface area contributed by atoms with Gasteiger partial charge in [0.25, 0.3) is 0 Å². The topological polar surface area (TPSA) is 89.3 Å². The van der Waals surface area contributed by atoms with Crippen molar-refractivity contribution in [2.24, 2.45) is 5.92 Å². The quantitative estimate of drug-likeness (QED) is 0.834. The van der Waals surface area contributed by atoms with Crippen LogP contribution in [0.3, 0.4) is 0 Å². The van der Waals surface area contributed by atoms with Gasteiger partial charge in [-0.1, -0.05) is 25.8 Å². The Morgan fingerprint density at radius 2 is 2.14 bits per heavy atom. The van der Waals surface area contributed by atoms with E-state index in [1.54, 1.807) is 24.3 Å². The van der Waals surface area contributed by atoms with Crippen LogP contribution in [0.25, 0.3) is 0 Å². The van der Waals surface area contributed by atoms with Crippen molar-refractivity contribution in [3.63, 3.8) is 0 Å². The maximum absolute atomic E-state index is 12.3. The first kappa shape index (κ1) is 15.8. The highest BCUT2D eigenvalue weighted by Gasteiger charge is 2.31. The molecule has 116 valence electrons. The van der Waals surface area contributed by atoms with Crippen molar-refractivity contribution >= 4 is 27.1 Å². The molecule has 21 heavy (non-hydrogen) atoms. The normalized spacial score (nSPS) is 22.7. The van der Waals surface area contributed by atoms with Crippen molar-refractivity contribution in [1.82, 2.24) is 0 Å². The van der Waals surface area contributed by atoms with Gasteiger partial charge in [0.2, 0.25) is 5.91 Å². The van der Waals surface area contributed by atoms with Crippen LogP contribution >= 0.6 is 0 Å². The van der Waals surface area contributed by atoms with E-state index in [1.807, 2.05) is 0 Å². The third kappa shape index (κ3) is 4.46. The van der Waals surface area contributed by atoms with Crippen LogP contribution in [0.15, 0.2) is 24.3 Å². The average Bonchev–Trinajstić information content (AvgIpc) is 2.37. The van der Waals surface area contributed by atoms with Crippen molar-refractivity contribution in [3.8, 4) is 0 Å². The Bertz CT molecular complexity index is 613. The molecule has 1 saturated carbocycles. The minimum absolute atomic E-state index is 0.382. The van der Waals surface area contributed by atoms with E-state index < -0.39 is 21.5 Å². The van der Waals surface area contributed by atoms with Crippen molar-refractivity contribution in [1.29, 1.82) is 0 Å². The highest BCUT2D eigenvalue weighted by Crippen LogP contribution is 2.28. The molecule has 2 rings (SSSR count). The number of nitrogens with one attached hydrogen (secondary N) is 1. The summed E-state index contributed by atoms with van der Waals surface area (Å²) in [4.78, 5) is 11.9. The molecule has 0 heterocycles. The van der Waals surface area contributed by atoms with E-state index in [-0.39, 0.29) is 5.25 Å². The van der Waals surface area contributed by atoms with Crippen LogP contribution in [0.4, 0.5) is 11.4 Å². The van der Waals surface area contributed by atoms with Gasteiger partial charge in [-0.3, -0.25) is 4.79 Å². The molecule has 2 atom stereocenters. The molecule has 0 aliphatic heterocycles. The van der Waals surface area contributed by atoms with Crippen molar-refractivity contribution in [2.45, 2.75) is 37.9 Å². The van der Waals surface area contributed by atoms with E-state index in [2.05, 4.69) is 12.2 Å². The molecule has 1 aromatic carbocycles. The van der Waals surface area contributed by atoms with Gasteiger partial charge in [0.15, 0.2) is 9.84 Å². The SMILES string of the molecule is CC1CCCC(S(=O)(=O)CC(=O)Nc2cccc(N)c2)C1. The van der Waals surface area contributed by atoms with Crippen LogP contribution in [-0.4, -0.2) is 25.3 Å². The number of hydrogen-bond acceptors (Lipinski definition) is 4. The number of anilines is 2. The van der Waals surface area contributed by atoms with E-state index >= 15 is 0 Å². The molecule has 1 aromatic rings. The number of rotatable bonds is 4. The zero-order chi connectivity index (χ0) is 15.5. The third-order valence-corrected chi connectivity index (χ3v) is 6.01. The van der Waals surface area contributed by atoms with Gasteiger partial charge in [-0.2, -0.15) is 0 Å². The first-order valence-corrected chi connectivity index (χ1v) is 8.95. The van der Waals surface area contributed by atoms with Crippen LogP contribution in [0.2, 0.25) is 0 Å². The second kappa shape index (κ2) is 6.47. The maximum atomic E-state index is 12.3. The fourth-order valence-corrected chi connectivity index (χ4v) is 4.64. The average molecular weight is 310 g/mol. The smallest absolute Gasteiger partial charge is 0.239 e. The summed E-state index contributed by atoms with van der Waals surface area (Å²) in [6.45, 7) is 2.06. The summed E-state index contributed by atoms with van der Waals surface area (Å²) in [6.07, 6.45) is 3.32. The summed E-state index contributed by atoms with van der Waals surface area (Å²) < 4.78 is 24.6. The van der Waals surface area contributed by atoms with Crippen LogP contribution in [0, 0.1) is 5.92 Å². The number of sulfone groups is 1. The van der Waals surface area contributed by atoms with Gasteiger partial charge in [-0.25, -0.2) is 8.42 Å². The van der Waals surface area contributed by atoms with E-state index in [0.29, 0.717) is 30.1 Å². The van der Waals surface area contributed by atoms with Gasteiger partial charge in [0, 0.05) is 11.4 Å². The summed E-state index contributed by atoms with van der Waals surface area (Å²) >= 11 is 0. The monoisotopic (exact) mass is 310 g/mol. The van der Waals surface area contributed by atoms with Gasteiger partial charge >= 0.3 is 0 Å². The van der Waals surface area contributed by atoms with Gasteiger partial charge in [0.05, 0.1) is 5.25 Å². The van der Waals surface area contributed by atoms with E-state index in [9.17, 15) is 13.2 Å². The third-order valence-electron chi connectivity index (χ3n) is 3.90. The summed E-state index contributed by atoms with van der Waals surface area (Å²) in [6, 6.07) is 6.70. The lowest BCUT2D eigenvalue weighted by atomic mass is 9.91. The van der Waals surface area contributed by atoms with Crippen LogP contribution < -0.4 is 11.1 Å². The Morgan fingerprint density at radius 1 is 1.38 bits per heavy atom. The number of amides is 1. The minimum atomic E-state index is -3.39. The second-order valence-corrected chi connectivity index (χ2v) is 8.16. The molecule has 3 N–H and O–H groups in total. The fourth-order valence-electron chi connectivity index (χ4n) is 2.82. The molecular weight excluding hydrogens is 288 g/mol. The molecule has 0 aromatic heterocycles. The van der Waals surface area contributed by atoms with Crippen LogP contribution in [-0.2, 0) is 14.6 Å². The first-order valence-electron chi connectivity index (χ1n) is 7.24. The van der Waals surface area contributed by atoms with E-state index in [1.165, 1.54) is 0 Å². The van der Waals surface area contributed by atoms with Crippen molar-refractivity contribution in [2.75, 3.05) is 16.8 Å². The molecule has 6 heteroatoms. The van der Waals surface area contributed by atoms with Crippen LogP contribution in [0.5, 0.6) is 0 Å². The zero-order valence-corrected chi connectivity index (χ0v) is 13.0. The molecule has 1 fully saturated rings. The Balaban J connectivity index is 1.98. The highest BCUT2D eigenvalue weighted by atomic mass is 32.2. The Hall–Kier alpha value is -1.56. The largest absolute Gasteiger partial charge is 0.399 e. The van der Waals surface area contributed by atoms with Gasteiger partial charge < -0.3 is 11.1 Å². The predicted octanol–water partition coefficient (Wildman–Crippen LogP) is 2.20. The fraction of sp³-hybridized carbons (Fsp3) is 0.533. The number of nitrogen functional groups attached to an aromatic ring is 1. The number of nitrogens with two attached hydrogens (primary N) is 1. The van der Waals surface area contributed by atoms with Gasteiger partial charge in [-0.05, 0) is 37.0 Å². The number of carbonyl (C=O) groups is 1. The molecule has 0 bridgehead atoms. The maximum Gasteiger partial charge on any atom is 0.239 e. The first-order chi connectivity index (χ1) is 9.87. The van der Waals surface area contributed by atoms with Gasteiger partial charge in [-0.15, -0.1) is 0 Å². The van der Waals surface area contributed by atoms with Gasteiger partial charge in [0.1, 0.15) is 5.75 Å². The summed E-state index contributed by atoms with van der Waals surface area (Å²) in [5.41, 5.74) is 6.67. The molecule has 1 aliphatic rings. The molecule has 1 amide bonds. The van der Waals surface area contributed by atoms with E-state index in [0.717, 1.165) is 12.8 Å². The number of carbonyl (C=O) groups excluding carboxylic acids is 1. The zero-order valence-electron chi connectivity index (χ0n) is 12.2. The molecule has 0 spiro atoms. The molecule has 2 unspecified atom stereocenters. The lowest BCUT2D eigenvalue weighted by Gasteiger charge is -2.26.